The number of halogens is 3. The molecule has 6 nitrogen and oxygen atoms in total. The summed E-state index contributed by atoms with van der Waals surface area (Å²) in [6.07, 6.45) is 2.42. The molecule has 1 heterocycles. The molecular weight excluding hydrogens is 387 g/mol. The van der Waals surface area contributed by atoms with Crippen LogP contribution in [0.1, 0.15) is 29.4 Å². The van der Waals surface area contributed by atoms with Crippen LogP contribution in [0, 0.1) is 0 Å². The van der Waals surface area contributed by atoms with Gasteiger partial charge in [-0.2, -0.15) is 10.1 Å². The van der Waals surface area contributed by atoms with Crippen LogP contribution in [0.25, 0.3) is 0 Å². The average molecular weight is 403 g/mol. The predicted octanol–water partition coefficient (Wildman–Crippen LogP) is 3.60. The third-order valence-electron chi connectivity index (χ3n) is 3.08. The quantitative estimate of drug-likeness (QED) is 0.439. The van der Waals surface area contributed by atoms with E-state index in [4.69, 9.17) is 45.3 Å². The first-order valence-corrected chi connectivity index (χ1v) is 8.49. The molecule has 132 valence electrons. The Morgan fingerprint density at radius 1 is 1.28 bits per heavy atom. The highest BCUT2D eigenvalue weighted by atomic mass is 35.5. The van der Waals surface area contributed by atoms with E-state index in [1.54, 1.807) is 0 Å². The molecule has 1 aromatic carbocycles. The van der Waals surface area contributed by atoms with Crippen molar-refractivity contribution in [3.63, 3.8) is 0 Å². The van der Waals surface area contributed by atoms with Crippen LogP contribution in [-0.4, -0.2) is 18.7 Å². The van der Waals surface area contributed by atoms with E-state index in [-0.39, 0.29) is 26.6 Å². The number of amides is 1. The highest BCUT2D eigenvalue weighted by Gasteiger charge is 2.25. The predicted molar refractivity (Wildman–Crippen MR) is 99.7 cm³/mol. The molecule has 1 aromatic heterocycles. The number of nitrogens with zero attached hydrogens (tertiary/aromatic N) is 1. The fourth-order valence-corrected chi connectivity index (χ4v) is 2.43. The topological polar surface area (TPSA) is 90.8 Å². The number of ether oxygens (including phenoxy) is 1. The molecule has 0 fully saturated rings. The lowest BCUT2D eigenvalue weighted by molar-refractivity contribution is -0.379. The molecule has 0 aliphatic rings. The summed E-state index contributed by atoms with van der Waals surface area (Å²) >= 11 is 17.7. The highest BCUT2D eigenvalue weighted by molar-refractivity contribution is 6.45. The van der Waals surface area contributed by atoms with Gasteiger partial charge < -0.3 is 10.5 Å². The van der Waals surface area contributed by atoms with E-state index in [1.165, 1.54) is 6.21 Å². The van der Waals surface area contributed by atoms with Gasteiger partial charge in [-0.25, -0.2) is 5.43 Å². The van der Waals surface area contributed by atoms with Gasteiger partial charge in [-0.3, -0.25) is 4.79 Å². The summed E-state index contributed by atoms with van der Waals surface area (Å²) in [5, 5.41) is 3.91. The maximum absolute atomic E-state index is 12.1. The van der Waals surface area contributed by atoms with Crippen LogP contribution in [0.4, 0.5) is 5.69 Å². The molecule has 0 saturated heterocycles. The average Bonchev–Trinajstić information content (AvgIpc) is 2.62. The van der Waals surface area contributed by atoms with Gasteiger partial charge in [0.1, 0.15) is 15.8 Å². The van der Waals surface area contributed by atoms with Crippen LogP contribution in [0.2, 0.25) is 15.2 Å². The zero-order chi connectivity index (χ0) is 18.4. The molecule has 0 aliphatic carbocycles. The number of nitrogens with one attached hydrogen (secondary N) is 2. The van der Waals surface area contributed by atoms with Gasteiger partial charge in [0.25, 0.3) is 10.8 Å². The first kappa shape index (κ1) is 19.3. The van der Waals surface area contributed by atoms with Gasteiger partial charge in [0, 0.05) is 0 Å². The Kier molecular flexibility index (Phi) is 6.87. The first-order chi connectivity index (χ1) is 11.9. The van der Waals surface area contributed by atoms with Crippen LogP contribution in [0.5, 0.6) is 5.75 Å². The lowest BCUT2D eigenvalue weighted by Gasteiger charge is -2.04. The monoisotopic (exact) mass is 401 g/mol. The Balaban J connectivity index is 2.03. The maximum Gasteiger partial charge on any atom is 0.337 e. The number of hydrazone groups is 1. The number of rotatable bonds is 6. The van der Waals surface area contributed by atoms with Crippen molar-refractivity contribution < 1.29 is 14.5 Å². The number of carbonyl (C=O) groups is 1. The maximum atomic E-state index is 12.1. The van der Waals surface area contributed by atoms with E-state index in [2.05, 4.69) is 15.5 Å². The number of anilines is 1. The van der Waals surface area contributed by atoms with Crippen LogP contribution in [-0.2, 0) is 0 Å². The van der Waals surface area contributed by atoms with Crippen molar-refractivity contribution in [2.75, 3.05) is 12.3 Å². The minimum Gasteiger partial charge on any atom is -0.494 e. The zero-order valence-electron chi connectivity index (χ0n) is 13.3. The first-order valence-electron chi connectivity index (χ1n) is 7.35. The molecule has 0 aliphatic heterocycles. The third-order valence-corrected chi connectivity index (χ3v) is 4.24. The zero-order valence-corrected chi connectivity index (χ0v) is 15.5. The Labute approximate surface area is 159 Å². The molecule has 0 atom stereocenters. The van der Waals surface area contributed by atoms with Gasteiger partial charge in [-0.05, 0) is 47.9 Å². The fourth-order valence-electron chi connectivity index (χ4n) is 1.82. The summed E-state index contributed by atoms with van der Waals surface area (Å²) in [5.41, 5.74) is 8.80. The van der Waals surface area contributed by atoms with E-state index in [0.717, 1.165) is 17.7 Å². The Morgan fingerprint density at radius 2 is 1.96 bits per heavy atom. The lowest BCUT2D eigenvalue weighted by atomic mass is 10.2. The van der Waals surface area contributed by atoms with Crippen molar-refractivity contribution >= 4 is 52.6 Å². The third kappa shape index (κ3) is 4.98. The molecule has 4 N–H and O–H groups in total. The second-order valence-corrected chi connectivity index (χ2v) is 6.11. The molecule has 0 bridgehead atoms. The SMILES string of the molecule is CCCOc1ccc(/C=N\NC(=O)c2[nH+]c(Cl)c(Cl)c(N)c2Cl)cc1. The highest BCUT2D eigenvalue weighted by Crippen LogP contribution is 2.31. The van der Waals surface area contributed by atoms with E-state index < -0.39 is 5.91 Å². The number of carbonyl (C=O) groups excluding carboxylic acids is 1. The Morgan fingerprint density at radius 3 is 2.60 bits per heavy atom. The number of nitrogen functional groups attached to an aromatic ring is 1. The smallest absolute Gasteiger partial charge is 0.337 e. The van der Waals surface area contributed by atoms with Gasteiger partial charge in [0.05, 0.1) is 18.5 Å². The molecule has 25 heavy (non-hydrogen) atoms. The molecular formula is C16H16Cl3N4O2+. The van der Waals surface area contributed by atoms with Crippen LogP contribution in [0.3, 0.4) is 0 Å². The van der Waals surface area contributed by atoms with E-state index in [0.29, 0.717) is 6.61 Å². The van der Waals surface area contributed by atoms with Crippen molar-refractivity contribution in [2.45, 2.75) is 13.3 Å². The molecule has 1 amide bonds. The van der Waals surface area contributed by atoms with Gasteiger partial charge in [-0.1, -0.05) is 30.1 Å². The molecule has 0 radical (unpaired) electrons. The number of nitrogens with two attached hydrogens (primary N) is 1. The van der Waals surface area contributed by atoms with E-state index in [9.17, 15) is 4.79 Å². The molecule has 0 saturated carbocycles. The fraction of sp³-hybridized carbons (Fsp3) is 0.188. The number of aromatic amines is 1. The van der Waals surface area contributed by atoms with Gasteiger partial charge in [0.15, 0.2) is 0 Å². The molecule has 0 unspecified atom stereocenters. The Bertz CT molecular complexity index is 795. The minimum atomic E-state index is -0.602. The van der Waals surface area contributed by atoms with E-state index in [1.807, 2.05) is 31.2 Å². The van der Waals surface area contributed by atoms with Crippen molar-refractivity contribution in [1.82, 2.24) is 5.43 Å². The van der Waals surface area contributed by atoms with E-state index >= 15 is 0 Å². The van der Waals surface area contributed by atoms with Crippen molar-refractivity contribution in [3.05, 3.63) is 50.7 Å². The molecule has 2 rings (SSSR count). The second-order valence-electron chi connectivity index (χ2n) is 4.97. The summed E-state index contributed by atoms with van der Waals surface area (Å²) in [6, 6.07) is 7.28. The number of aromatic nitrogens is 1. The molecule has 0 spiro atoms. The van der Waals surface area contributed by atoms with Crippen molar-refractivity contribution in [1.29, 1.82) is 0 Å². The summed E-state index contributed by atoms with van der Waals surface area (Å²) in [7, 11) is 0. The minimum absolute atomic E-state index is 0.0142. The number of H-pyrrole nitrogens is 1. The summed E-state index contributed by atoms with van der Waals surface area (Å²) in [4.78, 5) is 14.7. The Hall–Kier alpha value is -2.02. The summed E-state index contributed by atoms with van der Waals surface area (Å²) in [5.74, 6) is 0.171. The van der Waals surface area contributed by atoms with Gasteiger partial charge in [0.2, 0.25) is 0 Å². The molecule has 9 heteroatoms. The standard InChI is InChI=1S/C16H15Cl3N4O2/c1-2-7-25-10-5-3-9(4-6-10)8-21-23-16(24)14-11(17)13(20)12(18)15(19)22-14/h3-6,8H,2,7H2,1H3,(H2,20,22)(H,23,24)/p+1/b21-8-. The lowest BCUT2D eigenvalue weighted by Crippen LogP contribution is -2.28. The largest absolute Gasteiger partial charge is 0.494 e. The summed E-state index contributed by atoms with van der Waals surface area (Å²) in [6.45, 7) is 2.70. The number of hydrogen-bond acceptors (Lipinski definition) is 4. The van der Waals surface area contributed by atoms with Crippen molar-refractivity contribution in [2.24, 2.45) is 5.10 Å². The number of hydrogen-bond donors (Lipinski definition) is 2. The van der Waals surface area contributed by atoms with Gasteiger partial charge >= 0.3 is 5.91 Å². The van der Waals surface area contributed by atoms with Crippen LogP contribution in [0.15, 0.2) is 29.4 Å². The number of pyridine rings is 1. The number of benzene rings is 1. The van der Waals surface area contributed by atoms with Gasteiger partial charge in [-0.15, -0.1) is 0 Å². The summed E-state index contributed by atoms with van der Waals surface area (Å²) < 4.78 is 5.49. The van der Waals surface area contributed by atoms with Crippen LogP contribution < -0.4 is 20.9 Å². The molecule has 2 aromatic rings. The second kappa shape index (κ2) is 8.89. The normalized spacial score (nSPS) is 10.9. The van der Waals surface area contributed by atoms with Crippen LogP contribution >= 0.6 is 34.8 Å². The van der Waals surface area contributed by atoms with Crippen molar-refractivity contribution in [3.8, 4) is 5.75 Å².